The Morgan fingerprint density at radius 2 is 1.91 bits per heavy atom. The van der Waals surface area contributed by atoms with E-state index in [2.05, 4.69) is 16.9 Å². The van der Waals surface area contributed by atoms with Gasteiger partial charge in [-0.05, 0) is 24.8 Å². The van der Waals surface area contributed by atoms with E-state index in [0.717, 1.165) is 31.5 Å². The molecule has 1 aromatic heterocycles. The third-order valence-corrected chi connectivity index (χ3v) is 4.12. The van der Waals surface area contributed by atoms with Gasteiger partial charge in [-0.25, -0.2) is 4.79 Å². The van der Waals surface area contributed by atoms with E-state index in [4.69, 9.17) is 0 Å². The van der Waals surface area contributed by atoms with Gasteiger partial charge in [0.2, 0.25) is 0 Å². The summed E-state index contributed by atoms with van der Waals surface area (Å²) in [6, 6.07) is 11.1. The van der Waals surface area contributed by atoms with E-state index in [-0.39, 0.29) is 5.91 Å². The quantitative estimate of drug-likeness (QED) is 0.925. The van der Waals surface area contributed by atoms with Crippen LogP contribution >= 0.6 is 0 Å². The summed E-state index contributed by atoms with van der Waals surface area (Å²) in [4.78, 5) is 32.7. The van der Waals surface area contributed by atoms with Gasteiger partial charge in [-0.15, -0.1) is 0 Å². The van der Waals surface area contributed by atoms with Gasteiger partial charge in [0.25, 0.3) is 5.91 Å². The molecular weight excluding hydrogens is 278 g/mol. The van der Waals surface area contributed by atoms with E-state index >= 15 is 0 Å². The molecule has 1 aliphatic rings. The van der Waals surface area contributed by atoms with E-state index in [0.29, 0.717) is 17.3 Å². The molecule has 0 bridgehead atoms. The van der Waals surface area contributed by atoms with Gasteiger partial charge in [0.1, 0.15) is 5.69 Å². The van der Waals surface area contributed by atoms with E-state index in [1.54, 1.807) is 11.0 Å². The molecule has 114 valence electrons. The molecule has 5 heteroatoms. The normalized spacial score (nSPS) is 15.8. The fourth-order valence-electron chi connectivity index (χ4n) is 2.71. The lowest BCUT2D eigenvalue weighted by atomic mass is 9.99. The molecule has 0 unspecified atom stereocenters. The summed E-state index contributed by atoms with van der Waals surface area (Å²) in [6.45, 7) is 3.68. The first-order chi connectivity index (χ1) is 10.6. The average Bonchev–Trinajstić information content (AvgIpc) is 2.55. The van der Waals surface area contributed by atoms with E-state index in [9.17, 15) is 9.59 Å². The Bertz CT molecular complexity index is 716. The maximum atomic E-state index is 12.6. The van der Waals surface area contributed by atoms with Crippen molar-refractivity contribution in [2.75, 3.05) is 13.1 Å². The van der Waals surface area contributed by atoms with Gasteiger partial charge < -0.3 is 9.88 Å². The third-order valence-electron chi connectivity index (χ3n) is 4.12. The average molecular weight is 297 g/mol. The number of amides is 1. The molecule has 0 atom stereocenters. The summed E-state index contributed by atoms with van der Waals surface area (Å²) in [6.07, 6.45) is 2.01. The minimum absolute atomic E-state index is 0.122. The van der Waals surface area contributed by atoms with Gasteiger partial charge in [0.15, 0.2) is 0 Å². The van der Waals surface area contributed by atoms with Crippen molar-refractivity contribution in [2.24, 2.45) is 5.92 Å². The van der Waals surface area contributed by atoms with Crippen LogP contribution in [0.4, 0.5) is 0 Å². The summed E-state index contributed by atoms with van der Waals surface area (Å²) in [7, 11) is 0. The first-order valence-electron chi connectivity index (χ1n) is 7.59. The second kappa shape index (κ2) is 6.13. The Morgan fingerprint density at radius 3 is 2.59 bits per heavy atom. The Morgan fingerprint density at radius 1 is 1.23 bits per heavy atom. The van der Waals surface area contributed by atoms with Gasteiger partial charge in [0, 0.05) is 18.7 Å². The van der Waals surface area contributed by atoms with Crippen LogP contribution in [-0.4, -0.2) is 33.9 Å². The lowest BCUT2D eigenvalue weighted by molar-refractivity contribution is 0.0690. The maximum absolute atomic E-state index is 12.6. The molecule has 0 aliphatic carbocycles. The van der Waals surface area contributed by atoms with Crippen LogP contribution < -0.4 is 5.69 Å². The molecule has 1 saturated heterocycles. The number of benzene rings is 1. The van der Waals surface area contributed by atoms with Gasteiger partial charge in [-0.3, -0.25) is 4.79 Å². The van der Waals surface area contributed by atoms with Crippen molar-refractivity contribution in [1.82, 2.24) is 14.9 Å². The van der Waals surface area contributed by atoms with Crippen molar-refractivity contribution in [1.29, 1.82) is 0 Å². The number of rotatable bonds is 2. The van der Waals surface area contributed by atoms with Crippen molar-refractivity contribution in [2.45, 2.75) is 19.8 Å². The summed E-state index contributed by atoms with van der Waals surface area (Å²) in [5, 5.41) is 0. The summed E-state index contributed by atoms with van der Waals surface area (Å²) in [5.41, 5.74) is 1.18. The van der Waals surface area contributed by atoms with Crippen LogP contribution in [0.2, 0.25) is 0 Å². The second-order valence-electron chi connectivity index (χ2n) is 5.83. The van der Waals surface area contributed by atoms with Gasteiger partial charge in [0.05, 0.1) is 5.69 Å². The van der Waals surface area contributed by atoms with Crippen molar-refractivity contribution in [3.8, 4) is 11.3 Å². The first-order valence-corrected chi connectivity index (χ1v) is 7.59. The second-order valence-corrected chi connectivity index (χ2v) is 5.83. The molecule has 1 aliphatic heterocycles. The fourth-order valence-corrected chi connectivity index (χ4v) is 2.71. The highest BCUT2D eigenvalue weighted by Gasteiger charge is 2.22. The number of piperidine rings is 1. The van der Waals surface area contributed by atoms with Crippen LogP contribution in [0.15, 0.2) is 41.2 Å². The monoisotopic (exact) mass is 297 g/mol. The zero-order valence-electron chi connectivity index (χ0n) is 12.6. The molecule has 22 heavy (non-hydrogen) atoms. The van der Waals surface area contributed by atoms with Crippen LogP contribution in [-0.2, 0) is 0 Å². The Balaban J connectivity index is 1.90. The summed E-state index contributed by atoms with van der Waals surface area (Å²) in [5.74, 6) is 0.531. The minimum atomic E-state index is -0.491. The van der Waals surface area contributed by atoms with Gasteiger partial charge in [-0.2, -0.15) is 4.98 Å². The predicted octanol–water partition coefficient (Wildman–Crippen LogP) is 2.31. The molecule has 1 fully saturated rings. The zero-order valence-corrected chi connectivity index (χ0v) is 12.6. The molecule has 2 heterocycles. The summed E-state index contributed by atoms with van der Waals surface area (Å²) < 4.78 is 0. The Labute approximate surface area is 129 Å². The molecule has 2 aromatic rings. The number of nitrogens with one attached hydrogen (secondary N) is 1. The Hall–Kier alpha value is -2.43. The van der Waals surface area contributed by atoms with Gasteiger partial charge >= 0.3 is 5.69 Å². The van der Waals surface area contributed by atoms with E-state index in [1.807, 2.05) is 30.3 Å². The number of hydrogen-bond donors (Lipinski definition) is 1. The number of aromatic nitrogens is 2. The number of aromatic amines is 1. The largest absolute Gasteiger partial charge is 0.346 e. The smallest absolute Gasteiger partial charge is 0.337 e. The van der Waals surface area contributed by atoms with Crippen molar-refractivity contribution in [3.05, 3.63) is 52.6 Å². The zero-order chi connectivity index (χ0) is 15.5. The lowest BCUT2D eigenvalue weighted by Crippen LogP contribution is -2.39. The molecule has 3 rings (SSSR count). The van der Waals surface area contributed by atoms with Crippen LogP contribution in [0.1, 0.15) is 30.3 Å². The number of H-pyrrole nitrogens is 1. The number of carbonyl (C=O) groups is 1. The highest BCUT2D eigenvalue weighted by Crippen LogP contribution is 2.19. The van der Waals surface area contributed by atoms with E-state index < -0.39 is 5.69 Å². The van der Waals surface area contributed by atoms with Crippen molar-refractivity contribution >= 4 is 5.91 Å². The minimum Gasteiger partial charge on any atom is -0.337 e. The highest BCUT2D eigenvalue weighted by atomic mass is 16.2. The summed E-state index contributed by atoms with van der Waals surface area (Å²) >= 11 is 0. The lowest BCUT2D eigenvalue weighted by Gasteiger charge is -2.30. The number of carbonyl (C=O) groups excluding carboxylic acids is 1. The molecule has 1 amide bonds. The molecule has 0 saturated carbocycles. The van der Waals surface area contributed by atoms with Crippen LogP contribution in [0.25, 0.3) is 11.3 Å². The molecule has 0 spiro atoms. The molecule has 5 nitrogen and oxygen atoms in total. The fraction of sp³-hybridized carbons (Fsp3) is 0.353. The van der Waals surface area contributed by atoms with Crippen molar-refractivity contribution < 1.29 is 4.79 Å². The third kappa shape index (κ3) is 3.08. The van der Waals surface area contributed by atoms with Crippen molar-refractivity contribution in [3.63, 3.8) is 0 Å². The predicted molar refractivity (Wildman–Crippen MR) is 84.6 cm³/mol. The maximum Gasteiger partial charge on any atom is 0.346 e. The van der Waals surface area contributed by atoms with Crippen LogP contribution in [0, 0.1) is 5.92 Å². The molecular formula is C17H19N3O2. The van der Waals surface area contributed by atoms with E-state index in [1.165, 1.54) is 0 Å². The van der Waals surface area contributed by atoms with Crippen LogP contribution in [0.3, 0.4) is 0 Å². The standard InChI is InChI=1S/C17H19N3O2/c1-12-7-9-20(10-8-12)16(21)15-11-14(18-17(22)19-15)13-5-3-2-4-6-13/h2-6,11-12H,7-10H2,1H3,(H,18,19,22). The first kappa shape index (κ1) is 14.5. The SMILES string of the molecule is CC1CCN(C(=O)c2cc(-c3ccccc3)nc(=O)[nH]2)CC1. The number of nitrogens with zero attached hydrogens (tertiary/aromatic N) is 2. The highest BCUT2D eigenvalue weighted by molar-refractivity contribution is 5.93. The van der Waals surface area contributed by atoms with Gasteiger partial charge in [-0.1, -0.05) is 37.3 Å². The van der Waals surface area contributed by atoms with Crippen LogP contribution in [0.5, 0.6) is 0 Å². The number of likely N-dealkylation sites (tertiary alicyclic amines) is 1. The molecule has 0 radical (unpaired) electrons. The Kier molecular flexibility index (Phi) is 4.04. The number of hydrogen-bond acceptors (Lipinski definition) is 3. The molecule has 1 aromatic carbocycles. The topological polar surface area (TPSA) is 66.1 Å². The molecule has 1 N–H and O–H groups in total.